The van der Waals surface area contributed by atoms with Crippen LogP contribution < -0.4 is 10.9 Å². The van der Waals surface area contributed by atoms with E-state index in [1.54, 1.807) is 7.05 Å². The Bertz CT molecular complexity index is 1170. The predicted octanol–water partition coefficient (Wildman–Crippen LogP) is 3.96. The van der Waals surface area contributed by atoms with Gasteiger partial charge in [-0.1, -0.05) is 37.3 Å². The molecular weight excluding hydrogens is 396 g/mol. The van der Waals surface area contributed by atoms with Gasteiger partial charge in [0.1, 0.15) is 9.88 Å². The molecule has 1 N–H and O–H groups in total. The van der Waals surface area contributed by atoms with Crippen LogP contribution in [-0.2, 0) is 7.05 Å². The van der Waals surface area contributed by atoms with Crippen molar-refractivity contribution in [1.29, 1.82) is 0 Å². The molecule has 4 rings (SSSR count). The minimum absolute atomic E-state index is 0.0172. The van der Waals surface area contributed by atoms with Crippen LogP contribution in [0.15, 0.2) is 35.1 Å². The number of hydrogen-bond donors (Lipinski definition) is 1. The lowest BCUT2D eigenvalue weighted by atomic mass is 10.0. The van der Waals surface area contributed by atoms with Crippen LogP contribution in [-0.4, -0.2) is 20.7 Å². The summed E-state index contributed by atoms with van der Waals surface area (Å²) in [6.45, 7) is 7.77. The Morgan fingerprint density at radius 3 is 2.50 bits per heavy atom. The highest BCUT2D eigenvalue weighted by atomic mass is 32.1. The summed E-state index contributed by atoms with van der Waals surface area (Å²) in [5.41, 5.74) is 3.65. The molecule has 7 heteroatoms. The molecule has 1 amide bonds. The van der Waals surface area contributed by atoms with Gasteiger partial charge in [0.05, 0.1) is 23.0 Å². The fourth-order valence-corrected chi connectivity index (χ4v) is 5.00. The van der Waals surface area contributed by atoms with E-state index in [1.165, 1.54) is 16.0 Å². The molecule has 0 bridgehead atoms. The summed E-state index contributed by atoms with van der Waals surface area (Å²) in [6, 6.07) is 10.1. The Balaban J connectivity index is 1.67. The van der Waals surface area contributed by atoms with Crippen LogP contribution in [0.5, 0.6) is 0 Å². The van der Waals surface area contributed by atoms with Gasteiger partial charge in [-0.2, -0.15) is 5.10 Å². The van der Waals surface area contributed by atoms with Crippen molar-refractivity contribution < 1.29 is 4.79 Å². The van der Waals surface area contributed by atoms with Gasteiger partial charge in [-0.3, -0.25) is 9.59 Å². The highest BCUT2D eigenvalue weighted by molar-refractivity contribution is 7.17. The molecule has 156 valence electrons. The van der Waals surface area contributed by atoms with Crippen molar-refractivity contribution in [2.75, 3.05) is 0 Å². The second-order valence-corrected chi connectivity index (χ2v) is 9.19. The van der Waals surface area contributed by atoms with E-state index in [9.17, 15) is 9.59 Å². The number of aryl methyl sites for hydroxylation is 3. The van der Waals surface area contributed by atoms with Gasteiger partial charge in [-0.05, 0) is 50.2 Å². The smallest absolute Gasteiger partial charge is 0.277 e. The lowest BCUT2D eigenvalue weighted by molar-refractivity contribution is 0.0934. The monoisotopic (exact) mass is 422 g/mol. The molecule has 30 heavy (non-hydrogen) atoms. The number of thiazole rings is 1. The van der Waals surface area contributed by atoms with E-state index in [0.717, 1.165) is 23.2 Å². The van der Waals surface area contributed by atoms with Gasteiger partial charge in [-0.25, -0.2) is 9.67 Å². The Morgan fingerprint density at radius 2 is 1.87 bits per heavy atom. The summed E-state index contributed by atoms with van der Waals surface area (Å²) in [6.07, 6.45) is 1.11. The van der Waals surface area contributed by atoms with Gasteiger partial charge >= 0.3 is 0 Å². The van der Waals surface area contributed by atoms with E-state index >= 15 is 0 Å². The third kappa shape index (κ3) is 3.69. The molecule has 1 aliphatic rings. The van der Waals surface area contributed by atoms with Gasteiger partial charge in [0, 0.05) is 7.05 Å². The van der Waals surface area contributed by atoms with Crippen LogP contribution in [0.1, 0.15) is 51.6 Å². The number of nitrogens with zero attached hydrogens (tertiary/aromatic N) is 3. The number of benzene rings is 1. The predicted molar refractivity (Wildman–Crippen MR) is 119 cm³/mol. The topological polar surface area (TPSA) is 76.9 Å². The van der Waals surface area contributed by atoms with Crippen LogP contribution in [0.4, 0.5) is 0 Å². The largest absolute Gasteiger partial charge is 0.344 e. The van der Waals surface area contributed by atoms with Crippen molar-refractivity contribution in [2.45, 2.75) is 40.2 Å². The Labute approximate surface area is 180 Å². The molecule has 1 aliphatic carbocycles. The average Bonchev–Trinajstić information content (AvgIpc) is 3.32. The molecule has 0 spiro atoms. The van der Waals surface area contributed by atoms with Crippen LogP contribution in [0.25, 0.3) is 10.6 Å². The highest BCUT2D eigenvalue weighted by Crippen LogP contribution is 2.47. The van der Waals surface area contributed by atoms with Crippen LogP contribution >= 0.6 is 11.3 Å². The van der Waals surface area contributed by atoms with Crippen molar-refractivity contribution in [3.8, 4) is 10.6 Å². The fourth-order valence-electron chi connectivity index (χ4n) is 3.93. The molecule has 2 aromatic heterocycles. The maximum absolute atomic E-state index is 13.2. The first kappa shape index (κ1) is 20.5. The molecular formula is C23H26N4O2S. The average molecular weight is 423 g/mol. The Kier molecular flexibility index (Phi) is 5.32. The normalized spacial score (nSPS) is 18.8. The molecule has 1 saturated carbocycles. The van der Waals surface area contributed by atoms with E-state index in [1.807, 2.05) is 39.0 Å². The molecule has 1 aromatic carbocycles. The molecule has 0 aliphatic heterocycles. The van der Waals surface area contributed by atoms with Crippen molar-refractivity contribution in [1.82, 2.24) is 20.1 Å². The van der Waals surface area contributed by atoms with Gasteiger partial charge in [0.2, 0.25) is 0 Å². The van der Waals surface area contributed by atoms with Crippen molar-refractivity contribution in [3.05, 3.63) is 68.1 Å². The molecule has 6 nitrogen and oxygen atoms in total. The van der Waals surface area contributed by atoms with Crippen molar-refractivity contribution in [3.63, 3.8) is 0 Å². The van der Waals surface area contributed by atoms with Gasteiger partial charge < -0.3 is 5.32 Å². The third-order valence-corrected chi connectivity index (χ3v) is 7.16. The Morgan fingerprint density at radius 1 is 1.20 bits per heavy atom. The second-order valence-electron chi connectivity index (χ2n) is 8.19. The minimum atomic E-state index is -0.201. The van der Waals surface area contributed by atoms with Gasteiger partial charge in [-0.15, -0.1) is 11.3 Å². The molecule has 0 radical (unpaired) electrons. The molecule has 3 aromatic rings. The van der Waals surface area contributed by atoms with Crippen molar-refractivity contribution in [2.24, 2.45) is 18.9 Å². The summed E-state index contributed by atoms with van der Waals surface area (Å²) < 4.78 is 1.33. The summed E-state index contributed by atoms with van der Waals surface area (Å²) in [4.78, 5) is 31.0. The lowest BCUT2D eigenvalue weighted by Crippen LogP contribution is -2.30. The van der Waals surface area contributed by atoms with Gasteiger partial charge in [0.25, 0.3) is 11.5 Å². The zero-order valence-corrected chi connectivity index (χ0v) is 18.7. The van der Waals surface area contributed by atoms with Crippen LogP contribution in [0.2, 0.25) is 0 Å². The molecule has 2 heterocycles. The number of rotatable bonds is 5. The first-order chi connectivity index (χ1) is 14.3. The van der Waals surface area contributed by atoms with E-state index in [4.69, 9.17) is 0 Å². The molecule has 0 saturated heterocycles. The molecule has 1 fully saturated rings. The van der Waals surface area contributed by atoms with Gasteiger partial charge in [0.15, 0.2) is 0 Å². The minimum Gasteiger partial charge on any atom is -0.344 e. The zero-order valence-electron chi connectivity index (χ0n) is 17.9. The quantitative estimate of drug-likeness (QED) is 0.675. The summed E-state index contributed by atoms with van der Waals surface area (Å²) in [7, 11) is 1.63. The maximum Gasteiger partial charge on any atom is 0.277 e. The van der Waals surface area contributed by atoms with Crippen LogP contribution in [0, 0.1) is 32.6 Å². The van der Waals surface area contributed by atoms with E-state index in [-0.39, 0.29) is 17.5 Å². The number of hydrogen-bond acceptors (Lipinski definition) is 5. The third-order valence-electron chi connectivity index (χ3n) is 5.99. The first-order valence-corrected chi connectivity index (χ1v) is 11.0. The SMILES string of the molecule is Cc1nc(-c2c(C)c(C)nn(C)c2=O)sc1C(=O)NC(c1ccccc1)C1CC1C. The number of aromatic nitrogens is 3. The summed E-state index contributed by atoms with van der Waals surface area (Å²) >= 11 is 1.27. The summed E-state index contributed by atoms with van der Waals surface area (Å²) in [5, 5.41) is 8.03. The van der Waals surface area contributed by atoms with E-state index in [2.05, 4.69) is 34.5 Å². The van der Waals surface area contributed by atoms with Crippen molar-refractivity contribution >= 4 is 17.2 Å². The number of amides is 1. The maximum atomic E-state index is 13.2. The number of carbonyl (C=O) groups is 1. The number of nitrogens with one attached hydrogen (secondary N) is 1. The summed E-state index contributed by atoms with van der Waals surface area (Å²) in [5.74, 6) is 0.907. The fraction of sp³-hybridized carbons (Fsp3) is 0.391. The van der Waals surface area contributed by atoms with E-state index < -0.39 is 0 Å². The second kappa shape index (κ2) is 7.80. The standard InChI is InChI=1S/C23H26N4O2S/c1-12-11-17(12)19(16-9-7-6-8-10-16)25-21(28)20-15(4)24-22(30-20)18-13(2)14(3)26-27(5)23(18)29/h6-10,12,17,19H,11H2,1-5H3,(H,25,28). The van der Waals surface area contributed by atoms with Crippen LogP contribution in [0.3, 0.4) is 0 Å². The number of carbonyl (C=O) groups excluding carboxylic acids is 1. The zero-order chi connectivity index (χ0) is 21.6. The molecule has 3 atom stereocenters. The molecule has 3 unspecified atom stereocenters. The highest BCUT2D eigenvalue weighted by Gasteiger charge is 2.41. The first-order valence-electron chi connectivity index (χ1n) is 10.2. The Hall–Kier alpha value is -2.80. The lowest BCUT2D eigenvalue weighted by Gasteiger charge is -2.19. The van der Waals surface area contributed by atoms with E-state index in [0.29, 0.717) is 33.0 Å².